The van der Waals surface area contributed by atoms with Crippen molar-refractivity contribution in [1.82, 2.24) is 4.57 Å². The van der Waals surface area contributed by atoms with E-state index in [4.69, 9.17) is 15.2 Å². The van der Waals surface area contributed by atoms with Crippen LogP contribution >= 0.6 is 12.4 Å². The second-order valence-electron chi connectivity index (χ2n) is 6.60. The fraction of sp³-hybridized carbons (Fsp3) is 0.250. The molecule has 0 spiro atoms. The van der Waals surface area contributed by atoms with Crippen molar-refractivity contribution in [2.45, 2.75) is 25.9 Å². The number of hydrogen-bond donors (Lipinski definition) is 2. The van der Waals surface area contributed by atoms with Gasteiger partial charge in [-0.3, -0.25) is 4.79 Å². The smallest absolute Gasteiger partial charge is 0.244 e. The lowest BCUT2D eigenvalue weighted by Gasteiger charge is -2.08. The minimum Gasteiger partial charge on any atom is -0.454 e. The lowest BCUT2D eigenvalue weighted by Crippen LogP contribution is -2.19. The molecule has 1 unspecified atom stereocenters. The van der Waals surface area contributed by atoms with E-state index in [1.807, 2.05) is 35.9 Å². The van der Waals surface area contributed by atoms with Crippen molar-refractivity contribution in [3.63, 3.8) is 0 Å². The van der Waals surface area contributed by atoms with Gasteiger partial charge in [-0.2, -0.15) is 0 Å². The highest BCUT2D eigenvalue weighted by Crippen LogP contribution is 2.34. The third-order valence-electron chi connectivity index (χ3n) is 4.38. The zero-order valence-electron chi connectivity index (χ0n) is 15.0. The van der Waals surface area contributed by atoms with E-state index >= 15 is 0 Å². The number of nitrogens with one attached hydrogen (secondary N) is 1. The molecule has 1 aromatic heterocycles. The van der Waals surface area contributed by atoms with Crippen molar-refractivity contribution < 1.29 is 14.3 Å². The van der Waals surface area contributed by atoms with Gasteiger partial charge in [-0.15, -0.1) is 12.4 Å². The van der Waals surface area contributed by atoms with Gasteiger partial charge in [-0.1, -0.05) is 18.2 Å². The van der Waals surface area contributed by atoms with Crippen LogP contribution in [0.5, 0.6) is 11.5 Å². The van der Waals surface area contributed by atoms with Gasteiger partial charge < -0.3 is 25.1 Å². The van der Waals surface area contributed by atoms with Crippen LogP contribution in [0.25, 0.3) is 10.9 Å². The molecule has 27 heavy (non-hydrogen) atoms. The van der Waals surface area contributed by atoms with E-state index in [0.29, 0.717) is 17.2 Å². The summed E-state index contributed by atoms with van der Waals surface area (Å²) in [4.78, 5) is 12.5. The molecule has 1 amide bonds. The van der Waals surface area contributed by atoms with Crippen LogP contribution in [0.3, 0.4) is 0 Å². The topological polar surface area (TPSA) is 78.5 Å². The molecule has 0 saturated carbocycles. The van der Waals surface area contributed by atoms with Crippen molar-refractivity contribution in [3.05, 3.63) is 54.2 Å². The highest BCUT2D eigenvalue weighted by atomic mass is 35.5. The summed E-state index contributed by atoms with van der Waals surface area (Å²) in [6, 6.07) is 13.5. The maximum absolute atomic E-state index is 12.5. The Kier molecular flexibility index (Phi) is 5.58. The van der Waals surface area contributed by atoms with Gasteiger partial charge in [0.1, 0.15) is 6.54 Å². The summed E-state index contributed by atoms with van der Waals surface area (Å²) >= 11 is 0. The van der Waals surface area contributed by atoms with E-state index in [2.05, 4.69) is 11.4 Å². The van der Waals surface area contributed by atoms with Crippen LogP contribution in [-0.4, -0.2) is 23.3 Å². The molecule has 0 radical (unpaired) electrons. The summed E-state index contributed by atoms with van der Waals surface area (Å²) in [5, 5.41) is 4.05. The molecule has 6 nitrogen and oxygen atoms in total. The summed E-state index contributed by atoms with van der Waals surface area (Å²) in [5.74, 6) is 1.24. The Balaban J connectivity index is 0.00000210. The summed E-state index contributed by atoms with van der Waals surface area (Å²) < 4.78 is 12.6. The first kappa shape index (κ1) is 19.1. The molecule has 2 heterocycles. The summed E-state index contributed by atoms with van der Waals surface area (Å²) in [6.45, 7) is 2.43. The number of aromatic nitrogens is 1. The van der Waals surface area contributed by atoms with Crippen LogP contribution in [0.1, 0.15) is 12.5 Å². The molecule has 142 valence electrons. The van der Waals surface area contributed by atoms with Crippen LogP contribution in [-0.2, 0) is 17.8 Å². The normalized spacial score (nSPS) is 13.3. The molecule has 1 aliphatic heterocycles. The van der Waals surface area contributed by atoms with Crippen molar-refractivity contribution in [2.75, 3.05) is 12.1 Å². The third-order valence-corrected chi connectivity index (χ3v) is 4.38. The number of hydrogen-bond acceptors (Lipinski definition) is 4. The molecule has 0 aliphatic carbocycles. The predicted molar refractivity (Wildman–Crippen MR) is 108 cm³/mol. The standard InChI is InChI=1S/C20H21N3O3.ClH/c1-13(21)8-14-10-23(17-5-3-2-4-16(14)17)11-20(24)22-15-6-7-18-19(9-15)26-12-25-18;/h2-7,9-10,13H,8,11-12,21H2,1H3,(H,22,24);1H. The summed E-state index contributed by atoms with van der Waals surface area (Å²) in [6.07, 6.45) is 2.80. The zero-order chi connectivity index (χ0) is 18.1. The molecule has 3 N–H and O–H groups in total. The molecule has 1 atom stereocenters. The van der Waals surface area contributed by atoms with Crippen molar-refractivity contribution >= 4 is 34.9 Å². The van der Waals surface area contributed by atoms with Gasteiger partial charge in [0, 0.05) is 34.9 Å². The minimum absolute atomic E-state index is 0. The molecule has 0 fully saturated rings. The SMILES string of the molecule is CC(N)Cc1cn(CC(=O)Nc2ccc3c(c2)OCO3)c2ccccc12.Cl. The number of fused-ring (bicyclic) bond motifs is 2. The average Bonchev–Trinajstić information content (AvgIpc) is 3.20. The van der Waals surface area contributed by atoms with Crippen LogP contribution in [0.2, 0.25) is 0 Å². The number of rotatable bonds is 5. The molecule has 7 heteroatoms. The maximum atomic E-state index is 12.5. The third kappa shape index (κ3) is 4.02. The summed E-state index contributed by atoms with van der Waals surface area (Å²) in [7, 11) is 0. The van der Waals surface area contributed by atoms with E-state index in [-0.39, 0.29) is 37.7 Å². The molecule has 0 bridgehead atoms. The van der Waals surface area contributed by atoms with Crippen LogP contribution in [0.4, 0.5) is 5.69 Å². The van der Waals surface area contributed by atoms with Gasteiger partial charge in [0.15, 0.2) is 11.5 Å². The fourth-order valence-corrected chi connectivity index (χ4v) is 3.29. The first-order chi connectivity index (χ1) is 12.6. The number of ether oxygens (including phenoxy) is 2. The Morgan fingerprint density at radius 2 is 2.00 bits per heavy atom. The lowest BCUT2D eigenvalue weighted by molar-refractivity contribution is -0.116. The zero-order valence-corrected chi connectivity index (χ0v) is 15.8. The molecule has 4 rings (SSSR count). The number of carbonyl (C=O) groups is 1. The van der Waals surface area contributed by atoms with Crippen LogP contribution in [0.15, 0.2) is 48.7 Å². The van der Waals surface area contributed by atoms with E-state index in [1.165, 1.54) is 0 Å². The Bertz CT molecular complexity index is 968. The molecular formula is C20H22ClN3O3. The van der Waals surface area contributed by atoms with E-state index < -0.39 is 0 Å². The monoisotopic (exact) mass is 387 g/mol. The van der Waals surface area contributed by atoms with Gasteiger partial charge >= 0.3 is 0 Å². The Labute approximate surface area is 163 Å². The first-order valence-corrected chi connectivity index (χ1v) is 8.62. The fourth-order valence-electron chi connectivity index (χ4n) is 3.29. The molecule has 1 aliphatic rings. The number of nitrogens with two attached hydrogens (primary N) is 1. The maximum Gasteiger partial charge on any atom is 0.244 e. The highest BCUT2D eigenvalue weighted by molar-refractivity contribution is 5.93. The Hall–Kier alpha value is -2.70. The van der Waals surface area contributed by atoms with Crippen molar-refractivity contribution in [2.24, 2.45) is 5.73 Å². The molecular weight excluding hydrogens is 366 g/mol. The van der Waals surface area contributed by atoms with Gasteiger partial charge in [-0.25, -0.2) is 0 Å². The van der Waals surface area contributed by atoms with Gasteiger partial charge in [0.25, 0.3) is 0 Å². The van der Waals surface area contributed by atoms with Crippen LogP contribution < -0.4 is 20.5 Å². The van der Waals surface area contributed by atoms with Gasteiger partial charge in [0.05, 0.1) is 0 Å². The number of halogens is 1. The van der Waals surface area contributed by atoms with Gasteiger partial charge in [0.2, 0.25) is 12.7 Å². The van der Waals surface area contributed by atoms with E-state index in [0.717, 1.165) is 22.9 Å². The summed E-state index contributed by atoms with van der Waals surface area (Å²) in [5.41, 5.74) is 8.84. The van der Waals surface area contributed by atoms with Gasteiger partial charge in [-0.05, 0) is 37.1 Å². The number of para-hydroxylation sites is 1. The van der Waals surface area contributed by atoms with Crippen LogP contribution in [0, 0.1) is 0 Å². The quantitative estimate of drug-likeness (QED) is 0.704. The van der Waals surface area contributed by atoms with E-state index in [9.17, 15) is 4.79 Å². The molecule has 3 aromatic rings. The predicted octanol–water partition coefficient (Wildman–Crippen LogP) is 3.32. The second kappa shape index (κ2) is 7.90. The largest absolute Gasteiger partial charge is 0.454 e. The lowest BCUT2D eigenvalue weighted by atomic mass is 10.1. The average molecular weight is 388 g/mol. The number of benzene rings is 2. The number of carbonyl (C=O) groups excluding carboxylic acids is 1. The molecule has 2 aromatic carbocycles. The minimum atomic E-state index is -0.100. The Morgan fingerprint density at radius 1 is 1.22 bits per heavy atom. The number of nitrogens with zero attached hydrogens (tertiary/aromatic N) is 1. The molecule has 0 saturated heterocycles. The highest BCUT2D eigenvalue weighted by Gasteiger charge is 2.15. The Morgan fingerprint density at radius 3 is 2.81 bits per heavy atom. The van der Waals surface area contributed by atoms with Crippen molar-refractivity contribution in [3.8, 4) is 11.5 Å². The second-order valence-corrected chi connectivity index (χ2v) is 6.60. The first-order valence-electron chi connectivity index (χ1n) is 8.62. The number of amides is 1. The number of anilines is 1. The van der Waals surface area contributed by atoms with E-state index in [1.54, 1.807) is 18.2 Å². The van der Waals surface area contributed by atoms with Crippen molar-refractivity contribution in [1.29, 1.82) is 0 Å².